The first kappa shape index (κ1) is 7.91. The van der Waals surface area contributed by atoms with Crippen LogP contribution in [0.5, 0.6) is 5.75 Å². The van der Waals surface area contributed by atoms with E-state index in [1.807, 2.05) is 19.1 Å². The molecule has 2 aromatic rings. The van der Waals surface area contributed by atoms with Gasteiger partial charge in [-0.2, -0.15) is 0 Å². The lowest BCUT2D eigenvalue weighted by molar-refractivity contribution is 0.418. The van der Waals surface area contributed by atoms with Gasteiger partial charge in [-0.3, -0.25) is 0 Å². The van der Waals surface area contributed by atoms with Crippen LogP contribution in [0.15, 0.2) is 16.9 Å². The molecule has 1 heterocycles. The molecule has 0 aliphatic heterocycles. The van der Waals surface area contributed by atoms with Gasteiger partial charge in [-0.05, 0) is 24.6 Å². The quantitative estimate of drug-likeness (QED) is 0.688. The van der Waals surface area contributed by atoms with Crippen LogP contribution in [0, 0.1) is 6.92 Å². The monoisotopic (exact) mass is 178 g/mol. The molecule has 2 rings (SSSR count). The van der Waals surface area contributed by atoms with Crippen molar-refractivity contribution in [2.75, 3.05) is 7.11 Å². The summed E-state index contributed by atoms with van der Waals surface area (Å²) in [5.41, 5.74) is 2.35. The summed E-state index contributed by atoms with van der Waals surface area (Å²) in [6, 6.07) is 3.78. The Labute approximate surface area is 74.5 Å². The van der Waals surface area contributed by atoms with Crippen LogP contribution in [0.25, 0.3) is 11.0 Å². The van der Waals surface area contributed by atoms with Gasteiger partial charge in [0.05, 0.1) is 12.6 Å². The summed E-state index contributed by atoms with van der Waals surface area (Å²) in [6.45, 7) is 1.95. The molecule has 0 saturated heterocycles. The van der Waals surface area contributed by atoms with E-state index in [-0.39, 0.29) is 5.69 Å². The molecule has 0 aliphatic carbocycles. The van der Waals surface area contributed by atoms with E-state index in [0.29, 0.717) is 5.75 Å². The average molecular weight is 178 g/mol. The minimum absolute atomic E-state index is 0.209. The Balaban J connectivity index is 2.88. The highest BCUT2D eigenvalue weighted by atomic mass is 16.5. The van der Waals surface area contributed by atoms with Crippen molar-refractivity contribution in [2.24, 2.45) is 0 Å². The fourth-order valence-corrected chi connectivity index (χ4v) is 1.41. The molecule has 0 atom stereocenters. The molecular weight excluding hydrogens is 168 g/mol. The zero-order valence-corrected chi connectivity index (χ0v) is 7.47. The summed E-state index contributed by atoms with van der Waals surface area (Å²) in [4.78, 5) is 16.4. The van der Waals surface area contributed by atoms with Gasteiger partial charge in [-0.25, -0.2) is 4.79 Å². The maximum atomic E-state index is 11.0. The Morgan fingerprint density at radius 3 is 2.77 bits per heavy atom. The number of aryl methyl sites for hydroxylation is 1. The lowest BCUT2D eigenvalue weighted by atomic mass is 10.2. The number of aromatic nitrogens is 2. The van der Waals surface area contributed by atoms with Crippen molar-refractivity contribution in [3.8, 4) is 5.75 Å². The third-order valence-corrected chi connectivity index (χ3v) is 1.95. The average Bonchev–Trinajstić information content (AvgIpc) is 2.43. The third-order valence-electron chi connectivity index (χ3n) is 1.95. The number of imidazole rings is 1. The molecule has 4 nitrogen and oxygen atoms in total. The van der Waals surface area contributed by atoms with Gasteiger partial charge in [-0.15, -0.1) is 0 Å². The molecule has 0 aliphatic rings. The highest BCUT2D eigenvalue weighted by Crippen LogP contribution is 2.22. The topological polar surface area (TPSA) is 57.9 Å². The minimum atomic E-state index is -0.209. The first-order valence-corrected chi connectivity index (χ1v) is 3.97. The third kappa shape index (κ3) is 1.20. The summed E-state index contributed by atoms with van der Waals surface area (Å²) in [6.07, 6.45) is 0. The summed E-state index contributed by atoms with van der Waals surface area (Å²) in [7, 11) is 1.58. The molecule has 68 valence electrons. The van der Waals surface area contributed by atoms with Crippen LogP contribution < -0.4 is 10.4 Å². The van der Waals surface area contributed by atoms with Crippen LogP contribution in [-0.4, -0.2) is 17.1 Å². The number of hydrogen-bond acceptors (Lipinski definition) is 2. The number of benzene rings is 1. The number of H-pyrrole nitrogens is 2. The molecule has 0 radical (unpaired) electrons. The Kier molecular flexibility index (Phi) is 1.62. The van der Waals surface area contributed by atoms with Crippen LogP contribution in [-0.2, 0) is 0 Å². The second kappa shape index (κ2) is 2.65. The molecule has 13 heavy (non-hydrogen) atoms. The number of fused-ring (bicyclic) bond motifs is 1. The number of nitrogens with one attached hydrogen (secondary N) is 2. The van der Waals surface area contributed by atoms with Crippen molar-refractivity contribution in [2.45, 2.75) is 6.92 Å². The molecule has 2 N–H and O–H groups in total. The Morgan fingerprint density at radius 2 is 2.08 bits per heavy atom. The van der Waals surface area contributed by atoms with Crippen LogP contribution in [0.4, 0.5) is 0 Å². The lowest BCUT2D eigenvalue weighted by Crippen LogP contribution is -1.99. The van der Waals surface area contributed by atoms with Crippen molar-refractivity contribution in [1.29, 1.82) is 0 Å². The fourth-order valence-electron chi connectivity index (χ4n) is 1.41. The number of rotatable bonds is 1. The van der Waals surface area contributed by atoms with Crippen molar-refractivity contribution in [3.05, 3.63) is 28.2 Å². The Bertz CT molecular complexity index is 496. The van der Waals surface area contributed by atoms with Gasteiger partial charge in [0.15, 0.2) is 0 Å². The highest BCUT2D eigenvalue weighted by molar-refractivity contribution is 5.82. The van der Waals surface area contributed by atoms with Crippen molar-refractivity contribution < 1.29 is 4.74 Å². The van der Waals surface area contributed by atoms with Crippen LogP contribution >= 0.6 is 0 Å². The predicted octanol–water partition coefficient (Wildman–Crippen LogP) is 1.17. The van der Waals surface area contributed by atoms with Gasteiger partial charge in [0.1, 0.15) is 11.3 Å². The molecule has 4 heteroatoms. The molecule has 0 saturated carbocycles. The molecule has 1 aromatic heterocycles. The maximum absolute atomic E-state index is 11.0. The second-order valence-corrected chi connectivity index (χ2v) is 2.97. The van der Waals surface area contributed by atoms with Gasteiger partial charge < -0.3 is 14.7 Å². The van der Waals surface area contributed by atoms with Gasteiger partial charge in [0.25, 0.3) is 0 Å². The smallest absolute Gasteiger partial charge is 0.323 e. The molecule has 0 bridgehead atoms. The molecular formula is C9H10N2O2. The number of ether oxygens (including phenoxy) is 1. The normalized spacial score (nSPS) is 10.6. The highest BCUT2D eigenvalue weighted by Gasteiger charge is 2.04. The summed E-state index contributed by atoms with van der Waals surface area (Å²) >= 11 is 0. The first-order valence-electron chi connectivity index (χ1n) is 3.97. The van der Waals surface area contributed by atoms with Crippen LogP contribution in [0.2, 0.25) is 0 Å². The van der Waals surface area contributed by atoms with E-state index in [4.69, 9.17) is 4.74 Å². The molecule has 1 aromatic carbocycles. The maximum Gasteiger partial charge on any atom is 0.323 e. The fraction of sp³-hybridized carbons (Fsp3) is 0.222. The van der Waals surface area contributed by atoms with E-state index < -0.39 is 0 Å². The minimum Gasteiger partial charge on any atom is -0.494 e. The molecule has 0 unspecified atom stereocenters. The lowest BCUT2D eigenvalue weighted by Gasteiger charge is -2.01. The van der Waals surface area contributed by atoms with Gasteiger partial charge >= 0.3 is 5.69 Å². The SMILES string of the molecule is COc1cc(C)cc2[nH]c(=O)[nH]c12. The van der Waals surface area contributed by atoms with Gasteiger partial charge in [0.2, 0.25) is 0 Å². The van der Waals surface area contributed by atoms with E-state index in [1.165, 1.54) is 0 Å². The van der Waals surface area contributed by atoms with E-state index in [9.17, 15) is 4.79 Å². The van der Waals surface area contributed by atoms with Crippen LogP contribution in [0.3, 0.4) is 0 Å². The van der Waals surface area contributed by atoms with E-state index >= 15 is 0 Å². The number of methoxy groups -OCH3 is 1. The van der Waals surface area contributed by atoms with Crippen LogP contribution in [0.1, 0.15) is 5.56 Å². The molecule has 0 amide bonds. The van der Waals surface area contributed by atoms with E-state index in [2.05, 4.69) is 9.97 Å². The Hall–Kier alpha value is -1.71. The summed E-state index contributed by atoms with van der Waals surface area (Å²) in [5, 5.41) is 0. The van der Waals surface area contributed by atoms with E-state index in [1.54, 1.807) is 7.11 Å². The number of aromatic amines is 2. The predicted molar refractivity (Wildman–Crippen MR) is 50.2 cm³/mol. The standard InChI is InChI=1S/C9H10N2O2/c1-5-3-6-8(7(4-5)13-2)11-9(12)10-6/h3-4H,1-2H3,(H2,10,11,12). The second-order valence-electron chi connectivity index (χ2n) is 2.97. The van der Waals surface area contributed by atoms with E-state index in [0.717, 1.165) is 16.6 Å². The zero-order valence-electron chi connectivity index (χ0n) is 7.47. The summed E-state index contributed by atoms with van der Waals surface area (Å²) in [5.74, 6) is 0.688. The first-order chi connectivity index (χ1) is 6.20. The Morgan fingerprint density at radius 1 is 1.31 bits per heavy atom. The van der Waals surface area contributed by atoms with Crippen molar-refractivity contribution >= 4 is 11.0 Å². The molecule has 0 fully saturated rings. The largest absolute Gasteiger partial charge is 0.494 e. The van der Waals surface area contributed by atoms with Crippen molar-refractivity contribution in [1.82, 2.24) is 9.97 Å². The molecule has 0 spiro atoms. The van der Waals surface area contributed by atoms with Gasteiger partial charge in [0, 0.05) is 0 Å². The number of hydrogen-bond donors (Lipinski definition) is 2. The summed E-state index contributed by atoms with van der Waals surface area (Å²) < 4.78 is 5.13. The van der Waals surface area contributed by atoms with Gasteiger partial charge in [-0.1, -0.05) is 0 Å². The zero-order chi connectivity index (χ0) is 9.42. The van der Waals surface area contributed by atoms with Crippen molar-refractivity contribution in [3.63, 3.8) is 0 Å².